The summed E-state index contributed by atoms with van der Waals surface area (Å²) in [5.74, 6) is 0.896. The van der Waals surface area contributed by atoms with Gasteiger partial charge in [0.2, 0.25) is 0 Å². The largest absolute Gasteiger partial charge is 0.399 e. The van der Waals surface area contributed by atoms with Crippen molar-refractivity contribution in [2.75, 3.05) is 17.7 Å². The number of anilines is 2. The first-order valence-corrected chi connectivity index (χ1v) is 5.68. The van der Waals surface area contributed by atoms with Gasteiger partial charge in [0.25, 0.3) is 0 Å². The molecule has 0 saturated heterocycles. The summed E-state index contributed by atoms with van der Waals surface area (Å²) in [6, 6.07) is 6.93. The average molecular weight is 204 g/mol. The Hall–Kier alpha value is -1.18. The molecule has 0 spiro atoms. The molecule has 0 heterocycles. The van der Waals surface area contributed by atoms with E-state index in [4.69, 9.17) is 5.73 Å². The Morgan fingerprint density at radius 3 is 2.60 bits per heavy atom. The molecule has 2 heteroatoms. The van der Waals surface area contributed by atoms with Crippen molar-refractivity contribution in [2.24, 2.45) is 5.92 Å². The summed E-state index contributed by atoms with van der Waals surface area (Å²) in [5.41, 5.74) is 9.15. The summed E-state index contributed by atoms with van der Waals surface area (Å²) in [7, 11) is 2.17. The van der Waals surface area contributed by atoms with Crippen LogP contribution in [0.15, 0.2) is 18.2 Å². The van der Waals surface area contributed by atoms with Crippen LogP contribution in [0.5, 0.6) is 0 Å². The molecule has 1 saturated carbocycles. The summed E-state index contributed by atoms with van der Waals surface area (Å²) in [6.45, 7) is 4.37. The van der Waals surface area contributed by atoms with Crippen LogP contribution < -0.4 is 10.6 Å². The molecule has 15 heavy (non-hydrogen) atoms. The zero-order valence-electron chi connectivity index (χ0n) is 9.83. The lowest BCUT2D eigenvalue weighted by Crippen LogP contribution is -2.30. The molecule has 0 amide bonds. The molecular formula is C13H20N2. The van der Waals surface area contributed by atoms with Crippen molar-refractivity contribution in [3.8, 4) is 0 Å². The van der Waals surface area contributed by atoms with Crippen LogP contribution in [0.25, 0.3) is 0 Å². The van der Waals surface area contributed by atoms with Gasteiger partial charge in [0, 0.05) is 24.5 Å². The van der Waals surface area contributed by atoms with Gasteiger partial charge in [-0.25, -0.2) is 0 Å². The molecule has 0 aromatic heterocycles. The number of hydrogen-bond donors (Lipinski definition) is 1. The molecule has 1 unspecified atom stereocenters. The number of nitrogens with two attached hydrogens (primary N) is 1. The monoisotopic (exact) mass is 204 g/mol. The van der Waals surface area contributed by atoms with Crippen molar-refractivity contribution in [3.05, 3.63) is 23.8 Å². The molecule has 1 aromatic rings. The molecule has 1 fully saturated rings. The fourth-order valence-corrected chi connectivity index (χ4v) is 2.01. The van der Waals surface area contributed by atoms with Crippen molar-refractivity contribution in [1.82, 2.24) is 0 Å². The third kappa shape index (κ3) is 2.09. The van der Waals surface area contributed by atoms with E-state index >= 15 is 0 Å². The highest BCUT2D eigenvalue weighted by Gasteiger charge is 2.30. The van der Waals surface area contributed by atoms with Gasteiger partial charge in [0.1, 0.15) is 0 Å². The Labute approximate surface area is 92.1 Å². The lowest BCUT2D eigenvalue weighted by Gasteiger charge is -2.27. The van der Waals surface area contributed by atoms with E-state index in [1.165, 1.54) is 24.1 Å². The normalized spacial score (nSPS) is 17.5. The Balaban J connectivity index is 2.17. The van der Waals surface area contributed by atoms with E-state index in [1.54, 1.807) is 0 Å². The molecule has 1 aliphatic carbocycles. The first-order valence-electron chi connectivity index (χ1n) is 5.68. The number of benzene rings is 1. The number of aryl methyl sites for hydroxylation is 1. The van der Waals surface area contributed by atoms with E-state index in [0.717, 1.165) is 11.6 Å². The van der Waals surface area contributed by atoms with Crippen LogP contribution in [0.2, 0.25) is 0 Å². The van der Waals surface area contributed by atoms with Crippen molar-refractivity contribution in [2.45, 2.75) is 32.7 Å². The lowest BCUT2D eigenvalue weighted by molar-refractivity contribution is 0.609. The van der Waals surface area contributed by atoms with Crippen molar-refractivity contribution in [1.29, 1.82) is 0 Å². The first kappa shape index (κ1) is 10.3. The van der Waals surface area contributed by atoms with Crippen molar-refractivity contribution < 1.29 is 0 Å². The van der Waals surface area contributed by atoms with Crippen LogP contribution >= 0.6 is 0 Å². The highest BCUT2D eigenvalue weighted by Crippen LogP contribution is 2.36. The quantitative estimate of drug-likeness (QED) is 0.767. The van der Waals surface area contributed by atoms with Gasteiger partial charge in [-0.15, -0.1) is 0 Å². The topological polar surface area (TPSA) is 29.3 Å². The van der Waals surface area contributed by atoms with Gasteiger partial charge in [0.15, 0.2) is 0 Å². The predicted octanol–water partition coefficient (Wildman–Crippen LogP) is 2.81. The first-order chi connectivity index (χ1) is 7.09. The molecule has 1 aromatic carbocycles. The van der Waals surface area contributed by atoms with E-state index < -0.39 is 0 Å². The summed E-state index contributed by atoms with van der Waals surface area (Å²) in [5, 5.41) is 0. The summed E-state index contributed by atoms with van der Waals surface area (Å²) >= 11 is 0. The molecule has 1 aliphatic rings. The number of nitrogen functional groups attached to an aromatic ring is 1. The van der Waals surface area contributed by atoms with Gasteiger partial charge < -0.3 is 10.6 Å². The molecule has 0 aliphatic heterocycles. The fourth-order valence-electron chi connectivity index (χ4n) is 2.01. The predicted molar refractivity (Wildman–Crippen MR) is 66.2 cm³/mol. The van der Waals surface area contributed by atoms with Crippen LogP contribution in [0.4, 0.5) is 11.4 Å². The van der Waals surface area contributed by atoms with Crippen LogP contribution in [0.1, 0.15) is 25.3 Å². The molecule has 1 atom stereocenters. The highest BCUT2D eigenvalue weighted by molar-refractivity contribution is 5.58. The second-order valence-electron chi connectivity index (χ2n) is 4.73. The standard InChI is InChI=1S/C13H20N2/c1-9-8-12(6-7-13(9)14)15(3)10(2)11-4-5-11/h6-8,10-11H,4-5,14H2,1-3H3. The van der Waals surface area contributed by atoms with Crippen LogP contribution in [-0.4, -0.2) is 13.1 Å². The molecule has 2 rings (SSSR count). The number of rotatable bonds is 3. The Morgan fingerprint density at radius 2 is 2.07 bits per heavy atom. The molecular weight excluding hydrogens is 184 g/mol. The van der Waals surface area contributed by atoms with Crippen LogP contribution in [0.3, 0.4) is 0 Å². The zero-order valence-corrected chi connectivity index (χ0v) is 9.83. The molecule has 0 bridgehead atoms. The highest BCUT2D eigenvalue weighted by atomic mass is 15.1. The van der Waals surface area contributed by atoms with Crippen molar-refractivity contribution in [3.63, 3.8) is 0 Å². The van der Waals surface area contributed by atoms with Gasteiger partial charge in [0.05, 0.1) is 0 Å². The minimum Gasteiger partial charge on any atom is -0.399 e. The second kappa shape index (κ2) is 3.76. The third-order valence-corrected chi connectivity index (χ3v) is 3.58. The minimum atomic E-state index is 0.646. The van der Waals surface area contributed by atoms with E-state index in [-0.39, 0.29) is 0 Å². The lowest BCUT2D eigenvalue weighted by atomic mass is 10.1. The van der Waals surface area contributed by atoms with Gasteiger partial charge in [-0.3, -0.25) is 0 Å². The van der Waals surface area contributed by atoms with Gasteiger partial charge >= 0.3 is 0 Å². The molecule has 82 valence electrons. The van der Waals surface area contributed by atoms with E-state index in [0.29, 0.717) is 6.04 Å². The molecule has 0 radical (unpaired) electrons. The number of nitrogens with zero attached hydrogens (tertiary/aromatic N) is 1. The smallest absolute Gasteiger partial charge is 0.0370 e. The van der Waals surface area contributed by atoms with E-state index in [1.807, 2.05) is 6.07 Å². The van der Waals surface area contributed by atoms with E-state index in [9.17, 15) is 0 Å². The number of hydrogen-bond acceptors (Lipinski definition) is 2. The Morgan fingerprint density at radius 1 is 1.40 bits per heavy atom. The molecule has 2 N–H and O–H groups in total. The Kier molecular flexibility index (Phi) is 2.59. The molecule has 2 nitrogen and oxygen atoms in total. The Bertz CT molecular complexity index is 356. The van der Waals surface area contributed by atoms with Crippen LogP contribution in [0, 0.1) is 12.8 Å². The zero-order chi connectivity index (χ0) is 11.0. The summed E-state index contributed by atoms with van der Waals surface area (Å²) in [6.07, 6.45) is 2.78. The van der Waals surface area contributed by atoms with Gasteiger partial charge in [-0.1, -0.05) is 0 Å². The minimum absolute atomic E-state index is 0.646. The second-order valence-corrected chi connectivity index (χ2v) is 4.73. The van der Waals surface area contributed by atoms with Crippen molar-refractivity contribution >= 4 is 11.4 Å². The SMILES string of the molecule is Cc1cc(N(C)C(C)C2CC2)ccc1N. The maximum Gasteiger partial charge on any atom is 0.0370 e. The third-order valence-electron chi connectivity index (χ3n) is 3.58. The van der Waals surface area contributed by atoms with E-state index in [2.05, 4.69) is 37.9 Å². The van der Waals surface area contributed by atoms with Crippen LogP contribution in [-0.2, 0) is 0 Å². The summed E-state index contributed by atoms with van der Waals surface area (Å²) in [4.78, 5) is 2.37. The fraction of sp³-hybridized carbons (Fsp3) is 0.538. The average Bonchev–Trinajstić information content (AvgIpc) is 3.03. The van der Waals surface area contributed by atoms with Gasteiger partial charge in [-0.05, 0) is 56.4 Å². The maximum atomic E-state index is 5.82. The van der Waals surface area contributed by atoms with Gasteiger partial charge in [-0.2, -0.15) is 0 Å². The maximum absolute atomic E-state index is 5.82. The summed E-state index contributed by atoms with van der Waals surface area (Å²) < 4.78 is 0.